The van der Waals surface area contributed by atoms with Gasteiger partial charge >= 0.3 is 0 Å². The summed E-state index contributed by atoms with van der Waals surface area (Å²) >= 11 is 0. The highest BCUT2D eigenvalue weighted by Crippen LogP contribution is 2.38. The number of methoxy groups -OCH3 is 2. The molecule has 0 radical (unpaired) electrons. The second-order valence-corrected chi connectivity index (χ2v) is 8.46. The molecule has 2 heterocycles. The quantitative estimate of drug-likeness (QED) is 0.662. The average Bonchev–Trinajstić information content (AvgIpc) is 3.22. The molecule has 1 aromatic heterocycles. The Morgan fingerprint density at radius 3 is 2.36 bits per heavy atom. The third-order valence-electron chi connectivity index (χ3n) is 5.07. The van der Waals surface area contributed by atoms with Crippen molar-refractivity contribution in [2.45, 2.75) is 17.5 Å². The summed E-state index contributed by atoms with van der Waals surface area (Å²) in [5.41, 5.74) is 1.90. The van der Waals surface area contributed by atoms with E-state index in [1.54, 1.807) is 16.4 Å². The van der Waals surface area contributed by atoms with Crippen LogP contribution in [0, 0.1) is 0 Å². The Morgan fingerprint density at radius 1 is 0.893 bits per heavy atom. The standard InChI is InChI=1S/C21H22N2O4S/c1-26-19-11-10-17(15-20(19)27-2)28(24,25)23-14-13-22-12-6-9-18(22)21(23)16-7-4-3-5-8-16/h3-12,15,21H,13-14H2,1-2H3. The van der Waals surface area contributed by atoms with E-state index in [9.17, 15) is 8.42 Å². The summed E-state index contributed by atoms with van der Waals surface area (Å²) in [5, 5.41) is 0. The minimum absolute atomic E-state index is 0.186. The zero-order valence-electron chi connectivity index (χ0n) is 15.8. The number of aromatic nitrogens is 1. The molecule has 0 amide bonds. The van der Waals surface area contributed by atoms with Gasteiger partial charge in [0.15, 0.2) is 11.5 Å². The smallest absolute Gasteiger partial charge is 0.244 e. The Kier molecular flexibility index (Phi) is 4.87. The molecule has 0 aliphatic carbocycles. The van der Waals surface area contributed by atoms with Gasteiger partial charge in [0.25, 0.3) is 0 Å². The molecule has 1 aliphatic rings. The zero-order valence-corrected chi connectivity index (χ0v) is 16.6. The molecule has 1 atom stereocenters. The van der Waals surface area contributed by atoms with Gasteiger partial charge in [-0.1, -0.05) is 30.3 Å². The van der Waals surface area contributed by atoms with Gasteiger partial charge in [0.05, 0.1) is 25.2 Å². The molecule has 6 nitrogen and oxygen atoms in total. The molecule has 0 fully saturated rings. The first-order valence-corrected chi connectivity index (χ1v) is 10.4. The number of nitrogens with zero attached hydrogens (tertiary/aromatic N) is 2. The van der Waals surface area contributed by atoms with Gasteiger partial charge in [0.2, 0.25) is 10.0 Å². The van der Waals surface area contributed by atoms with Crippen molar-refractivity contribution in [3.63, 3.8) is 0 Å². The molecule has 0 saturated carbocycles. The first-order chi connectivity index (χ1) is 13.6. The molecule has 0 spiro atoms. The Balaban J connectivity index is 1.82. The molecule has 2 aromatic carbocycles. The monoisotopic (exact) mass is 398 g/mol. The van der Waals surface area contributed by atoms with Gasteiger partial charge in [-0.25, -0.2) is 8.42 Å². The Labute approximate surface area is 165 Å². The lowest BCUT2D eigenvalue weighted by molar-refractivity contribution is 0.298. The molecular weight excluding hydrogens is 376 g/mol. The molecule has 0 N–H and O–H groups in total. The van der Waals surface area contributed by atoms with Crippen LogP contribution in [0.25, 0.3) is 0 Å². The molecule has 146 valence electrons. The van der Waals surface area contributed by atoms with Crippen molar-refractivity contribution in [2.75, 3.05) is 20.8 Å². The fraction of sp³-hybridized carbons (Fsp3) is 0.238. The van der Waals surface area contributed by atoms with Crippen LogP contribution >= 0.6 is 0 Å². The number of ether oxygens (including phenoxy) is 2. The van der Waals surface area contributed by atoms with Crippen molar-refractivity contribution in [3.05, 3.63) is 78.1 Å². The summed E-state index contributed by atoms with van der Waals surface area (Å²) in [5.74, 6) is 0.883. The number of benzene rings is 2. The molecule has 0 saturated heterocycles. The summed E-state index contributed by atoms with van der Waals surface area (Å²) in [7, 11) is -0.734. The highest BCUT2D eigenvalue weighted by molar-refractivity contribution is 7.89. The Morgan fingerprint density at radius 2 is 1.64 bits per heavy atom. The van der Waals surface area contributed by atoms with Crippen molar-refractivity contribution in [2.24, 2.45) is 0 Å². The van der Waals surface area contributed by atoms with Crippen LogP contribution in [0.4, 0.5) is 0 Å². The summed E-state index contributed by atoms with van der Waals surface area (Å²) in [6.45, 7) is 0.996. The maximum absolute atomic E-state index is 13.6. The number of hydrogen-bond donors (Lipinski definition) is 0. The van der Waals surface area contributed by atoms with E-state index in [4.69, 9.17) is 9.47 Å². The summed E-state index contributed by atoms with van der Waals surface area (Å²) in [6.07, 6.45) is 1.99. The van der Waals surface area contributed by atoms with Crippen molar-refractivity contribution < 1.29 is 17.9 Å². The normalized spacial score (nSPS) is 17.1. The third-order valence-corrected chi connectivity index (χ3v) is 6.93. The van der Waals surface area contributed by atoms with Crippen LogP contribution in [0.3, 0.4) is 0 Å². The fourth-order valence-corrected chi connectivity index (χ4v) is 5.30. The van der Waals surface area contributed by atoms with E-state index in [0.717, 1.165) is 11.3 Å². The molecule has 3 aromatic rings. The van der Waals surface area contributed by atoms with Crippen LogP contribution < -0.4 is 9.47 Å². The summed E-state index contributed by atoms with van der Waals surface area (Å²) in [6, 6.07) is 18.0. The van der Waals surface area contributed by atoms with E-state index >= 15 is 0 Å². The van der Waals surface area contributed by atoms with Crippen molar-refractivity contribution in [3.8, 4) is 11.5 Å². The topological polar surface area (TPSA) is 60.8 Å². The van der Waals surface area contributed by atoms with Crippen LogP contribution in [0.2, 0.25) is 0 Å². The van der Waals surface area contributed by atoms with E-state index < -0.39 is 10.0 Å². The lowest BCUT2D eigenvalue weighted by atomic mass is 10.0. The first kappa shape index (κ1) is 18.6. The second kappa shape index (κ2) is 7.33. The SMILES string of the molecule is COc1ccc(S(=O)(=O)N2CCn3cccc3C2c2ccccc2)cc1OC. The van der Waals surface area contributed by atoms with Gasteiger partial charge in [0.1, 0.15) is 0 Å². The molecule has 28 heavy (non-hydrogen) atoms. The number of sulfonamides is 1. The predicted molar refractivity (Wildman–Crippen MR) is 106 cm³/mol. The van der Waals surface area contributed by atoms with E-state index in [1.165, 1.54) is 20.3 Å². The van der Waals surface area contributed by atoms with Gasteiger partial charge in [-0.05, 0) is 29.8 Å². The van der Waals surface area contributed by atoms with Crippen LogP contribution in [0.15, 0.2) is 71.8 Å². The zero-order chi connectivity index (χ0) is 19.7. The Bertz CT molecular complexity index is 1080. The second-order valence-electron chi connectivity index (χ2n) is 6.57. The van der Waals surface area contributed by atoms with Crippen molar-refractivity contribution in [1.29, 1.82) is 0 Å². The largest absolute Gasteiger partial charge is 0.493 e. The van der Waals surface area contributed by atoms with Crippen LogP contribution in [0.1, 0.15) is 17.3 Å². The fourth-order valence-electron chi connectivity index (χ4n) is 3.71. The maximum Gasteiger partial charge on any atom is 0.244 e. The molecular formula is C21H22N2O4S. The minimum Gasteiger partial charge on any atom is -0.493 e. The highest BCUT2D eigenvalue weighted by atomic mass is 32.2. The van der Waals surface area contributed by atoms with Crippen LogP contribution in [-0.2, 0) is 16.6 Å². The molecule has 1 aliphatic heterocycles. The molecule has 4 rings (SSSR count). The summed E-state index contributed by atoms with van der Waals surface area (Å²) < 4.78 is 41.4. The lowest BCUT2D eigenvalue weighted by Gasteiger charge is -2.36. The number of hydrogen-bond acceptors (Lipinski definition) is 4. The van der Waals surface area contributed by atoms with Gasteiger partial charge in [-0.3, -0.25) is 0 Å². The Hall–Kier alpha value is -2.77. The predicted octanol–water partition coefficient (Wildman–Crippen LogP) is 3.30. The minimum atomic E-state index is -3.75. The van der Waals surface area contributed by atoms with E-state index in [2.05, 4.69) is 4.57 Å². The van der Waals surface area contributed by atoms with Gasteiger partial charge in [-0.15, -0.1) is 0 Å². The van der Waals surface area contributed by atoms with Crippen molar-refractivity contribution in [1.82, 2.24) is 8.87 Å². The molecule has 7 heteroatoms. The average molecular weight is 398 g/mol. The maximum atomic E-state index is 13.6. The van der Waals surface area contributed by atoms with Gasteiger partial charge in [0, 0.05) is 31.0 Å². The van der Waals surface area contributed by atoms with E-state index in [1.807, 2.05) is 48.7 Å². The molecule has 0 bridgehead atoms. The summed E-state index contributed by atoms with van der Waals surface area (Å²) in [4.78, 5) is 0.186. The van der Waals surface area contributed by atoms with Gasteiger partial charge in [-0.2, -0.15) is 4.31 Å². The van der Waals surface area contributed by atoms with E-state index in [0.29, 0.717) is 24.6 Å². The lowest BCUT2D eigenvalue weighted by Crippen LogP contribution is -2.42. The molecule has 1 unspecified atom stereocenters. The first-order valence-electron chi connectivity index (χ1n) is 9.00. The van der Waals surface area contributed by atoms with Crippen LogP contribution in [-0.4, -0.2) is 38.1 Å². The van der Waals surface area contributed by atoms with Crippen LogP contribution in [0.5, 0.6) is 11.5 Å². The van der Waals surface area contributed by atoms with Gasteiger partial charge < -0.3 is 14.0 Å². The highest BCUT2D eigenvalue weighted by Gasteiger charge is 2.37. The third kappa shape index (κ3) is 3.06. The number of fused-ring (bicyclic) bond motifs is 1. The van der Waals surface area contributed by atoms with E-state index in [-0.39, 0.29) is 10.9 Å². The van der Waals surface area contributed by atoms with Crippen molar-refractivity contribution >= 4 is 10.0 Å². The number of rotatable bonds is 5.